The van der Waals surface area contributed by atoms with Crippen molar-refractivity contribution in [2.45, 2.75) is 145 Å². The lowest BCUT2D eigenvalue weighted by molar-refractivity contribution is -0.264. The van der Waals surface area contributed by atoms with Gasteiger partial charge in [-0.1, -0.05) is 103 Å². The molecule has 1 amide bonds. The number of aliphatic hydroxyl groups is 2. The maximum Gasteiger partial charge on any atom is 0.328 e. The number of allylic oxidation sites excluding steroid dienone is 7. The molecule has 0 saturated carbocycles. The van der Waals surface area contributed by atoms with E-state index in [1.807, 2.05) is 58.9 Å². The summed E-state index contributed by atoms with van der Waals surface area (Å²) in [4.78, 5) is 52.8. The Kier molecular flexibility index (Phi) is 18.8. The highest BCUT2D eigenvalue weighted by atomic mass is 16.6. The molecule has 298 valence electrons. The molecule has 9 heteroatoms. The van der Waals surface area contributed by atoms with Gasteiger partial charge in [0, 0.05) is 18.4 Å². The maximum absolute atomic E-state index is 13.6. The Hall–Kier alpha value is -3.14. The first kappa shape index (κ1) is 46.0. The topological polar surface area (TPSA) is 130 Å². The van der Waals surface area contributed by atoms with Crippen molar-refractivity contribution in [3.05, 3.63) is 59.8 Å². The van der Waals surface area contributed by atoms with Crippen molar-refractivity contribution >= 4 is 23.4 Å². The fourth-order valence-corrected chi connectivity index (χ4v) is 6.86. The third kappa shape index (κ3) is 14.2. The Balaban J connectivity index is 1.93. The average molecular weight is 740 g/mol. The molecule has 2 fully saturated rings. The molecule has 0 spiro atoms. The van der Waals surface area contributed by atoms with Crippen molar-refractivity contribution in [1.82, 2.24) is 4.90 Å². The molecule has 0 bridgehead atoms. The van der Waals surface area contributed by atoms with E-state index in [1.54, 1.807) is 13.8 Å². The molecular weight excluding hydrogens is 670 g/mol. The van der Waals surface area contributed by atoms with Crippen molar-refractivity contribution < 1.29 is 38.9 Å². The van der Waals surface area contributed by atoms with Crippen LogP contribution in [0.5, 0.6) is 0 Å². The van der Waals surface area contributed by atoms with Crippen molar-refractivity contribution in [3.63, 3.8) is 0 Å². The number of ketones is 2. The van der Waals surface area contributed by atoms with Crippen LogP contribution in [0.3, 0.4) is 0 Å². The van der Waals surface area contributed by atoms with Gasteiger partial charge in [0.2, 0.25) is 5.79 Å². The second kappa shape index (κ2) is 21.7. The lowest BCUT2D eigenvalue weighted by Crippen LogP contribution is -2.60. The van der Waals surface area contributed by atoms with Gasteiger partial charge in [-0.2, -0.15) is 0 Å². The molecule has 2 aliphatic heterocycles. The van der Waals surface area contributed by atoms with Gasteiger partial charge in [-0.15, -0.1) is 0 Å². The summed E-state index contributed by atoms with van der Waals surface area (Å²) in [6.45, 7) is 24.0. The van der Waals surface area contributed by atoms with Crippen LogP contribution >= 0.6 is 0 Å². The predicted molar refractivity (Wildman–Crippen MR) is 211 cm³/mol. The molecule has 2 aliphatic rings. The molecule has 7 unspecified atom stereocenters. The van der Waals surface area contributed by atoms with Gasteiger partial charge in [0.15, 0.2) is 0 Å². The number of piperidine rings is 1. The van der Waals surface area contributed by atoms with Gasteiger partial charge >= 0.3 is 5.97 Å². The van der Waals surface area contributed by atoms with Gasteiger partial charge in [0.05, 0.1) is 18.8 Å². The minimum atomic E-state index is -2.25. The first-order chi connectivity index (χ1) is 24.8. The van der Waals surface area contributed by atoms with Crippen molar-refractivity contribution in [2.75, 3.05) is 13.2 Å². The lowest BCUT2D eigenvalue weighted by atomic mass is 9.84. The molecule has 0 aromatic rings. The molecule has 2 N–H and O–H groups in total. The number of Topliss-reactive ketones (excluding diaryl/α,β-unsaturated/α-hetero) is 2. The summed E-state index contributed by atoms with van der Waals surface area (Å²) in [5.74, 6) is -4.59. The number of esters is 1. The second-order valence-electron chi connectivity index (χ2n) is 16.4. The molecule has 9 atom stereocenters. The lowest BCUT2D eigenvalue weighted by Gasteiger charge is -2.42. The van der Waals surface area contributed by atoms with Gasteiger partial charge in [-0.05, 0) is 101 Å². The Morgan fingerprint density at radius 2 is 1.62 bits per heavy atom. The smallest absolute Gasteiger partial charge is 0.328 e. The molecule has 0 aromatic heterocycles. The van der Waals surface area contributed by atoms with Crippen LogP contribution in [-0.2, 0) is 28.7 Å². The second-order valence-corrected chi connectivity index (χ2v) is 16.4. The molecule has 2 heterocycles. The Morgan fingerprint density at radius 1 is 0.943 bits per heavy atom. The van der Waals surface area contributed by atoms with E-state index < -0.39 is 47.6 Å². The van der Waals surface area contributed by atoms with Crippen LogP contribution in [0, 0.1) is 35.5 Å². The normalized spacial score (nSPS) is 26.0. The third-order valence-corrected chi connectivity index (χ3v) is 11.0. The highest BCUT2D eigenvalue weighted by Gasteiger charge is 2.52. The first-order valence-corrected chi connectivity index (χ1v) is 19.8. The zero-order chi connectivity index (χ0) is 40.0. The standard InChI is InChI=1S/C44H69NO8/c1-28(2)27-52-43(50)39-19-15-16-22-45(39)42(49)41(48)44(51)36(10)20-21-38(53-44)25-32(6)30(4)18-14-12-13-17-29(3)23-31(5)33(7)26-40(47)35(9)24-34(8)37(11)46/h12-14,17-18,24,28-29,31-32,34,36,38-40,47,51H,7,15-16,19-23,25-27H2,1-6,8-11H3/b14-12+,17-13+,30-18+,35-24+/t29-,31?,32+,34?,36?,38?,39?,40?,44?/m1/s1. The highest BCUT2D eigenvalue weighted by Crippen LogP contribution is 2.37. The molecule has 9 nitrogen and oxygen atoms in total. The number of carbonyl (C=O) groups is 4. The molecule has 0 aromatic carbocycles. The molecule has 0 radical (unpaired) electrons. The molecular formula is C44H69NO8. The molecule has 2 rings (SSSR count). The Bertz CT molecular complexity index is 1390. The molecule has 0 aliphatic carbocycles. The average Bonchev–Trinajstić information content (AvgIpc) is 3.10. The summed E-state index contributed by atoms with van der Waals surface area (Å²) in [6, 6.07) is -0.841. The highest BCUT2D eigenvalue weighted by molar-refractivity contribution is 6.39. The van der Waals surface area contributed by atoms with E-state index in [4.69, 9.17) is 9.47 Å². The summed E-state index contributed by atoms with van der Waals surface area (Å²) in [6.07, 6.45) is 16.0. The summed E-state index contributed by atoms with van der Waals surface area (Å²) >= 11 is 0. The number of aliphatic hydroxyl groups excluding tert-OH is 1. The van der Waals surface area contributed by atoms with E-state index in [1.165, 1.54) is 4.90 Å². The number of carbonyl (C=O) groups excluding carboxylic acids is 4. The molecule has 53 heavy (non-hydrogen) atoms. The van der Waals surface area contributed by atoms with Crippen molar-refractivity contribution in [1.29, 1.82) is 0 Å². The summed E-state index contributed by atoms with van der Waals surface area (Å²) in [5, 5.41) is 22.2. The molecule has 2 saturated heterocycles. The van der Waals surface area contributed by atoms with E-state index in [2.05, 4.69) is 39.5 Å². The van der Waals surface area contributed by atoms with Crippen LogP contribution in [0.2, 0.25) is 0 Å². The number of likely N-dealkylation sites (tertiary alicyclic amines) is 1. The Labute approximate surface area is 319 Å². The number of hydrogen-bond donors (Lipinski definition) is 2. The number of hydrogen-bond acceptors (Lipinski definition) is 8. The van der Waals surface area contributed by atoms with Crippen LogP contribution in [-0.4, -0.2) is 75.7 Å². The van der Waals surface area contributed by atoms with Gasteiger partial charge in [0.1, 0.15) is 11.8 Å². The van der Waals surface area contributed by atoms with Crippen LogP contribution in [0.1, 0.15) is 121 Å². The quantitative estimate of drug-likeness (QED) is 0.0593. The van der Waals surface area contributed by atoms with E-state index in [9.17, 15) is 29.4 Å². The summed E-state index contributed by atoms with van der Waals surface area (Å²) in [5.41, 5.74) is 2.91. The number of nitrogens with zero attached hydrogens (tertiary/aromatic N) is 1. The fourth-order valence-electron chi connectivity index (χ4n) is 6.86. The van der Waals surface area contributed by atoms with Crippen LogP contribution in [0.4, 0.5) is 0 Å². The maximum atomic E-state index is 13.6. The monoisotopic (exact) mass is 740 g/mol. The van der Waals surface area contributed by atoms with Crippen LogP contribution in [0.15, 0.2) is 59.8 Å². The van der Waals surface area contributed by atoms with Gasteiger partial charge in [-0.25, -0.2) is 4.79 Å². The zero-order valence-electron chi connectivity index (χ0n) is 34.2. The van der Waals surface area contributed by atoms with E-state index in [-0.39, 0.29) is 42.6 Å². The van der Waals surface area contributed by atoms with E-state index in [0.717, 1.165) is 29.6 Å². The zero-order valence-corrected chi connectivity index (χ0v) is 34.2. The van der Waals surface area contributed by atoms with E-state index >= 15 is 0 Å². The SMILES string of the molecule is C=C(CC(O)/C(C)=C/C(C)C(C)=O)C(C)C[C@H](C)/C=C/C=C/C=C(\C)[C@@H](C)CC1CCC(C)C(O)(C(=O)C(=O)N2CCCCC2C(=O)OCC(C)C)O1. The Morgan fingerprint density at radius 3 is 2.26 bits per heavy atom. The number of ether oxygens (including phenoxy) is 2. The van der Waals surface area contributed by atoms with Crippen molar-refractivity contribution in [2.24, 2.45) is 35.5 Å². The number of rotatable bonds is 19. The predicted octanol–water partition coefficient (Wildman–Crippen LogP) is 7.87. The first-order valence-electron chi connectivity index (χ1n) is 19.8. The minimum Gasteiger partial charge on any atom is -0.464 e. The van der Waals surface area contributed by atoms with Crippen LogP contribution in [0.25, 0.3) is 0 Å². The van der Waals surface area contributed by atoms with Gasteiger partial charge in [0.25, 0.3) is 11.7 Å². The van der Waals surface area contributed by atoms with Gasteiger partial charge < -0.3 is 24.6 Å². The van der Waals surface area contributed by atoms with Crippen LogP contribution < -0.4 is 0 Å². The third-order valence-electron chi connectivity index (χ3n) is 11.0. The fraction of sp³-hybridized carbons (Fsp3) is 0.682. The van der Waals surface area contributed by atoms with E-state index in [0.29, 0.717) is 44.4 Å². The largest absolute Gasteiger partial charge is 0.464 e. The van der Waals surface area contributed by atoms with Gasteiger partial charge in [-0.3, -0.25) is 14.4 Å². The number of amides is 1. The van der Waals surface area contributed by atoms with Crippen molar-refractivity contribution in [3.8, 4) is 0 Å². The minimum absolute atomic E-state index is 0.0765. The summed E-state index contributed by atoms with van der Waals surface area (Å²) in [7, 11) is 0. The summed E-state index contributed by atoms with van der Waals surface area (Å²) < 4.78 is 11.5.